The normalized spacial score (nSPS) is 9.95. The molecular weight excluding hydrogens is 252 g/mol. The second kappa shape index (κ2) is 5.62. The molecule has 0 N–H and O–H groups in total. The van der Waals surface area contributed by atoms with Gasteiger partial charge in [0.25, 0.3) is 0 Å². The number of aryl methyl sites for hydroxylation is 3. The van der Waals surface area contributed by atoms with Crippen molar-refractivity contribution >= 4 is 34.3 Å². The number of isocyanates is 2. The summed E-state index contributed by atoms with van der Waals surface area (Å²) in [7, 11) is 0. The maximum absolute atomic E-state index is 10.7. The van der Waals surface area contributed by atoms with Crippen LogP contribution in [0.4, 0.5) is 11.4 Å². The van der Waals surface area contributed by atoms with E-state index in [4.69, 9.17) is 0 Å². The van der Waals surface area contributed by atoms with Crippen LogP contribution in [0.2, 0.25) is 0 Å². The molecule has 0 atom stereocenters. The van der Waals surface area contributed by atoms with E-state index in [0.717, 1.165) is 33.9 Å². The topological polar surface area (TPSA) is 58.9 Å². The van der Waals surface area contributed by atoms with Crippen molar-refractivity contribution in [2.45, 2.75) is 27.2 Å². The SMILES string of the molecule is CCc1c(C)ccc2c(N=C=O)cc(C)c(N=C=O)c12. The molecule has 0 radical (unpaired) electrons. The highest BCUT2D eigenvalue weighted by atomic mass is 16.1. The molecule has 0 saturated heterocycles. The van der Waals surface area contributed by atoms with E-state index in [0.29, 0.717) is 11.4 Å². The average Bonchev–Trinajstić information content (AvgIpc) is 2.43. The summed E-state index contributed by atoms with van der Waals surface area (Å²) >= 11 is 0. The zero-order valence-corrected chi connectivity index (χ0v) is 11.7. The Labute approximate surface area is 116 Å². The zero-order valence-electron chi connectivity index (χ0n) is 11.7. The third-order valence-electron chi connectivity index (χ3n) is 3.46. The lowest BCUT2D eigenvalue weighted by atomic mass is 9.93. The number of carbonyl (C=O) groups excluding carboxylic acids is 2. The van der Waals surface area contributed by atoms with E-state index in [9.17, 15) is 9.59 Å². The van der Waals surface area contributed by atoms with Gasteiger partial charge in [-0.05, 0) is 43.0 Å². The van der Waals surface area contributed by atoms with E-state index >= 15 is 0 Å². The molecule has 0 heterocycles. The Morgan fingerprint density at radius 3 is 2.35 bits per heavy atom. The van der Waals surface area contributed by atoms with Crippen molar-refractivity contribution in [3.63, 3.8) is 0 Å². The van der Waals surface area contributed by atoms with E-state index in [1.54, 1.807) is 18.2 Å². The van der Waals surface area contributed by atoms with Crippen LogP contribution in [0.15, 0.2) is 28.2 Å². The summed E-state index contributed by atoms with van der Waals surface area (Å²) in [5.41, 5.74) is 4.15. The summed E-state index contributed by atoms with van der Waals surface area (Å²) in [6, 6.07) is 5.61. The molecule has 2 aromatic carbocycles. The number of nitrogens with zero attached hydrogens (tertiary/aromatic N) is 2. The standard InChI is InChI=1S/C16H14N2O2/c1-4-12-10(2)5-6-13-14(17-8-19)7-11(3)16(15(12)13)18-9-20/h5-7H,4H2,1-3H3. The quantitative estimate of drug-likeness (QED) is 0.623. The van der Waals surface area contributed by atoms with E-state index in [1.807, 2.05) is 32.9 Å². The summed E-state index contributed by atoms with van der Waals surface area (Å²) in [5, 5.41) is 1.67. The second-order valence-corrected chi connectivity index (χ2v) is 4.60. The van der Waals surface area contributed by atoms with Gasteiger partial charge in [0.2, 0.25) is 12.2 Å². The Balaban J connectivity index is 3.09. The van der Waals surface area contributed by atoms with Gasteiger partial charge in [0, 0.05) is 10.8 Å². The molecule has 0 fully saturated rings. The fraction of sp³-hybridized carbons (Fsp3) is 0.250. The predicted octanol–water partition coefficient (Wildman–Crippen LogP) is 3.95. The molecule has 100 valence electrons. The van der Waals surface area contributed by atoms with Crippen molar-refractivity contribution in [1.29, 1.82) is 0 Å². The molecular formula is C16H14N2O2. The maximum Gasteiger partial charge on any atom is 0.240 e. The molecule has 4 nitrogen and oxygen atoms in total. The van der Waals surface area contributed by atoms with Crippen molar-refractivity contribution in [3.8, 4) is 0 Å². The van der Waals surface area contributed by atoms with Gasteiger partial charge in [-0.25, -0.2) is 9.59 Å². The first-order valence-corrected chi connectivity index (χ1v) is 6.35. The Bertz CT molecular complexity index is 781. The fourth-order valence-corrected chi connectivity index (χ4v) is 2.57. The molecule has 0 spiro atoms. The fourth-order valence-electron chi connectivity index (χ4n) is 2.57. The third-order valence-corrected chi connectivity index (χ3v) is 3.46. The van der Waals surface area contributed by atoms with Crippen LogP contribution >= 0.6 is 0 Å². The van der Waals surface area contributed by atoms with Crippen LogP contribution < -0.4 is 0 Å². The number of benzene rings is 2. The number of hydrogen-bond acceptors (Lipinski definition) is 4. The predicted molar refractivity (Wildman–Crippen MR) is 78.4 cm³/mol. The number of hydrogen-bond donors (Lipinski definition) is 0. The number of aliphatic imine (C=N–C) groups is 2. The second-order valence-electron chi connectivity index (χ2n) is 4.60. The van der Waals surface area contributed by atoms with Crippen molar-refractivity contribution in [3.05, 3.63) is 34.9 Å². The van der Waals surface area contributed by atoms with Crippen LogP contribution in [0.25, 0.3) is 10.8 Å². The smallest absolute Gasteiger partial charge is 0.211 e. The molecule has 4 heteroatoms. The molecule has 0 bridgehead atoms. The van der Waals surface area contributed by atoms with Crippen LogP contribution in [-0.4, -0.2) is 12.2 Å². The van der Waals surface area contributed by atoms with Gasteiger partial charge in [-0.3, -0.25) is 0 Å². The van der Waals surface area contributed by atoms with Gasteiger partial charge >= 0.3 is 0 Å². The zero-order chi connectivity index (χ0) is 14.7. The average molecular weight is 266 g/mol. The monoisotopic (exact) mass is 266 g/mol. The number of rotatable bonds is 3. The maximum atomic E-state index is 10.7. The summed E-state index contributed by atoms with van der Waals surface area (Å²) in [6.45, 7) is 5.89. The first kappa shape index (κ1) is 13.9. The van der Waals surface area contributed by atoms with Gasteiger partial charge in [-0.1, -0.05) is 19.1 Å². The van der Waals surface area contributed by atoms with E-state index < -0.39 is 0 Å². The lowest BCUT2D eigenvalue weighted by molar-refractivity contribution is 0.564. The van der Waals surface area contributed by atoms with Crippen LogP contribution in [0.3, 0.4) is 0 Å². The summed E-state index contributed by atoms with van der Waals surface area (Å²) < 4.78 is 0. The van der Waals surface area contributed by atoms with Crippen LogP contribution in [0, 0.1) is 13.8 Å². The lowest BCUT2D eigenvalue weighted by Crippen LogP contribution is -1.91. The van der Waals surface area contributed by atoms with Gasteiger partial charge in [0.15, 0.2) is 0 Å². The Morgan fingerprint density at radius 2 is 1.75 bits per heavy atom. The lowest BCUT2D eigenvalue weighted by Gasteiger charge is -2.13. The molecule has 0 aliphatic heterocycles. The largest absolute Gasteiger partial charge is 0.240 e. The molecule has 0 amide bonds. The van der Waals surface area contributed by atoms with E-state index in [1.165, 1.54) is 0 Å². The van der Waals surface area contributed by atoms with E-state index in [-0.39, 0.29) is 0 Å². The first-order valence-electron chi connectivity index (χ1n) is 6.35. The minimum absolute atomic E-state index is 0.548. The Kier molecular flexibility index (Phi) is 3.90. The minimum atomic E-state index is 0.548. The van der Waals surface area contributed by atoms with Crippen molar-refractivity contribution in [2.24, 2.45) is 9.98 Å². The Morgan fingerprint density at radius 1 is 1.05 bits per heavy atom. The highest BCUT2D eigenvalue weighted by Gasteiger charge is 2.14. The molecule has 20 heavy (non-hydrogen) atoms. The molecule has 0 saturated carbocycles. The van der Waals surface area contributed by atoms with Crippen molar-refractivity contribution in [1.82, 2.24) is 0 Å². The summed E-state index contributed by atoms with van der Waals surface area (Å²) in [6.07, 6.45) is 3.98. The van der Waals surface area contributed by atoms with Gasteiger partial charge in [-0.2, -0.15) is 9.98 Å². The summed E-state index contributed by atoms with van der Waals surface area (Å²) in [4.78, 5) is 28.9. The molecule has 0 aliphatic rings. The highest BCUT2D eigenvalue weighted by Crippen LogP contribution is 2.39. The van der Waals surface area contributed by atoms with E-state index in [2.05, 4.69) is 9.98 Å². The molecule has 0 aliphatic carbocycles. The van der Waals surface area contributed by atoms with Gasteiger partial charge in [0.1, 0.15) is 0 Å². The molecule has 2 rings (SSSR count). The third kappa shape index (κ3) is 2.19. The van der Waals surface area contributed by atoms with Crippen LogP contribution in [0.5, 0.6) is 0 Å². The van der Waals surface area contributed by atoms with Crippen molar-refractivity contribution in [2.75, 3.05) is 0 Å². The highest BCUT2D eigenvalue weighted by molar-refractivity contribution is 6.04. The molecule has 0 unspecified atom stereocenters. The Hall–Kier alpha value is -2.54. The van der Waals surface area contributed by atoms with Gasteiger partial charge < -0.3 is 0 Å². The van der Waals surface area contributed by atoms with Gasteiger partial charge in [0.05, 0.1) is 11.4 Å². The van der Waals surface area contributed by atoms with Gasteiger partial charge in [-0.15, -0.1) is 0 Å². The van der Waals surface area contributed by atoms with Crippen LogP contribution in [-0.2, 0) is 16.0 Å². The molecule has 0 aromatic heterocycles. The number of fused-ring (bicyclic) bond motifs is 1. The summed E-state index contributed by atoms with van der Waals surface area (Å²) in [5.74, 6) is 0. The molecule has 2 aromatic rings. The van der Waals surface area contributed by atoms with Crippen molar-refractivity contribution < 1.29 is 9.59 Å². The first-order chi connectivity index (χ1) is 9.63. The minimum Gasteiger partial charge on any atom is -0.211 e. The van der Waals surface area contributed by atoms with Crippen LogP contribution in [0.1, 0.15) is 23.6 Å².